The Kier molecular flexibility index (Phi) is 3.66. The minimum atomic E-state index is 0.0771. The molecular formula is C16H19Cl2N3. The van der Waals surface area contributed by atoms with Crippen molar-refractivity contribution in [2.45, 2.75) is 38.0 Å². The van der Waals surface area contributed by atoms with Gasteiger partial charge in [-0.2, -0.15) is 5.10 Å². The second-order valence-electron chi connectivity index (χ2n) is 6.12. The zero-order valence-electron chi connectivity index (χ0n) is 12.3. The summed E-state index contributed by atoms with van der Waals surface area (Å²) in [5, 5.41) is 5.94. The minimum Gasteiger partial charge on any atom is -0.383 e. The summed E-state index contributed by atoms with van der Waals surface area (Å²) in [6.45, 7) is 2.27. The highest BCUT2D eigenvalue weighted by Crippen LogP contribution is 2.47. The number of nitrogens with zero attached hydrogens (tertiary/aromatic N) is 2. The van der Waals surface area contributed by atoms with E-state index in [1.165, 1.54) is 12.8 Å². The third-order valence-electron chi connectivity index (χ3n) is 4.57. The fourth-order valence-corrected chi connectivity index (χ4v) is 3.81. The van der Waals surface area contributed by atoms with Crippen LogP contribution in [0.25, 0.3) is 11.1 Å². The van der Waals surface area contributed by atoms with Crippen LogP contribution >= 0.6 is 23.2 Å². The molecule has 112 valence electrons. The lowest BCUT2D eigenvalue weighted by Gasteiger charge is -2.23. The second kappa shape index (κ2) is 5.22. The molecule has 0 radical (unpaired) electrons. The maximum absolute atomic E-state index is 6.39. The molecule has 0 saturated heterocycles. The third-order valence-corrected chi connectivity index (χ3v) is 5.12. The first kappa shape index (κ1) is 14.7. The summed E-state index contributed by atoms with van der Waals surface area (Å²) in [5.74, 6) is 0.655. The molecule has 1 aliphatic carbocycles. The fraction of sp³-hybridized carbons (Fsp3) is 0.438. The van der Waals surface area contributed by atoms with Gasteiger partial charge < -0.3 is 5.73 Å². The monoisotopic (exact) mass is 323 g/mol. The number of aryl methyl sites for hydroxylation is 1. The number of aromatic nitrogens is 2. The Bertz CT molecular complexity index is 685. The number of halogens is 2. The van der Waals surface area contributed by atoms with E-state index in [0.29, 0.717) is 15.9 Å². The highest BCUT2D eigenvalue weighted by molar-refractivity contribution is 6.36. The topological polar surface area (TPSA) is 43.8 Å². The molecule has 0 bridgehead atoms. The van der Waals surface area contributed by atoms with Crippen LogP contribution in [0.1, 0.15) is 38.3 Å². The van der Waals surface area contributed by atoms with Crippen LogP contribution in [0.4, 0.5) is 5.82 Å². The molecule has 0 amide bonds. The molecule has 1 aliphatic rings. The van der Waals surface area contributed by atoms with Crippen molar-refractivity contribution in [3.63, 3.8) is 0 Å². The standard InChI is InChI=1S/C16H19Cl2N3/c1-16(7-3-4-8-16)14-13(15(19)21(2)20-14)11-6-5-10(17)9-12(11)18/h5-6,9H,3-4,7-8,19H2,1-2H3. The van der Waals surface area contributed by atoms with Crippen molar-refractivity contribution in [2.75, 3.05) is 5.73 Å². The summed E-state index contributed by atoms with van der Waals surface area (Å²) in [5.41, 5.74) is 9.29. The molecule has 0 spiro atoms. The van der Waals surface area contributed by atoms with E-state index in [1.807, 2.05) is 19.2 Å². The van der Waals surface area contributed by atoms with E-state index in [0.717, 1.165) is 29.7 Å². The molecule has 5 heteroatoms. The normalized spacial score (nSPS) is 17.3. The number of nitrogen functional groups attached to an aromatic ring is 1. The number of rotatable bonds is 2. The van der Waals surface area contributed by atoms with Gasteiger partial charge in [0.1, 0.15) is 5.82 Å². The van der Waals surface area contributed by atoms with E-state index in [9.17, 15) is 0 Å². The molecule has 0 atom stereocenters. The summed E-state index contributed by atoms with van der Waals surface area (Å²) < 4.78 is 1.75. The Morgan fingerprint density at radius 3 is 2.52 bits per heavy atom. The van der Waals surface area contributed by atoms with Gasteiger partial charge in [-0.3, -0.25) is 4.68 Å². The van der Waals surface area contributed by atoms with Crippen LogP contribution in [-0.4, -0.2) is 9.78 Å². The van der Waals surface area contributed by atoms with Gasteiger partial charge in [0.15, 0.2) is 0 Å². The van der Waals surface area contributed by atoms with Crippen LogP contribution in [0.15, 0.2) is 18.2 Å². The van der Waals surface area contributed by atoms with Gasteiger partial charge in [-0.15, -0.1) is 0 Å². The average Bonchev–Trinajstić information content (AvgIpc) is 2.98. The van der Waals surface area contributed by atoms with Gasteiger partial charge in [0.2, 0.25) is 0 Å². The largest absolute Gasteiger partial charge is 0.383 e. The molecule has 2 N–H and O–H groups in total. The molecular weight excluding hydrogens is 305 g/mol. The molecule has 3 nitrogen and oxygen atoms in total. The Morgan fingerprint density at radius 2 is 1.90 bits per heavy atom. The van der Waals surface area contributed by atoms with E-state index < -0.39 is 0 Å². The van der Waals surface area contributed by atoms with Crippen molar-refractivity contribution in [1.82, 2.24) is 9.78 Å². The van der Waals surface area contributed by atoms with Crippen LogP contribution in [-0.2, 0) is 12.5 Å². The predicted molar refractivity (Wildman–Crippen MR) is 88.9 cm³/mol. The quantitative estimate of drug-likeness (QED) is 0.861. The van der Waals surface area contributed by atoms with Crippen molar-refractivity contribution < 1.29 is 0 Å². The zero-order valence-corrected chi connectivity index (χ0v) is 13.8. The first-order valence-electron chi connectivity index (χ1n) is 7.21. The van der Waals surface area contributed by atoms with Crippen LogP contribution in [0.5, 0.6) is 0 Å². The van der Waals surface area contributed by atoms with Crippen molar-refractivity contribution in [1.29, 1.82) is 0 Å². The molecule has 1 fully saturated rings. The molecule has 0 aliphatic heterocycles. The van der Waals surface area contributed by atoms with E-state index >= 15 is 0 Å². The smallest absolute Gasteiger partial charge is 0.129 e. The Hall–Kier alpha value is -1.19. The lowest BCUT2D eigenvalue weighted by molar-refractivity contribution is 0.469. The molecule has 1 saturated carbocycles. The van der Waals surface area contributed by atoms with E-state index in [2.05, 4.69) is 6.92 Å². The maximum atomic E-state index is 6.39. The zero-order chi connectivity index (χ0) is 15.2. The summed E-state index contributed by atoms with van der Waals surface area (Å²) in [4.78, 5) is 0. The number of benzene rings is 1. The van der Waals surface area contributed by atoms with E-state index in [4.69, 9.17) is 34.0 Å². The highest BCUT2D eigenvalue weighted by atomic mass is 35.5. The minimum absolute atomic E-state index is 0.0771. The molecule has 21 heavy (non-hydrogen) atoms. The third kappa shape index (κ3) is 2.43. The molecule has 2 aromatic rings. The molecule has 0 unspecified atom stereocenters. The Labute approximate surface area is 135 Å². The van der Waals surface area contributed by atoms with Gasteiger partial charge in [-0.05, 0) is 25.0 Å². The van der Waals surface area contributed by atoms with Gasteiger partial charge in [0.05, 0.1) is 10.7 Å². The average molecular weight is 324 g/mol. The number of anilines is 1. The van der Waals surface area contributed by atoms with Gasteiger partial charge in [-0.25, -0.2) is 0 Å². The van der Waals surface area contributed by atoms with E-state index in [-0.39, 0.29) is 5.41 Å². The van der Waals surface area contributed by atoms with Gasteiger partial charge in [-0.1, -0.05) is 49.0 Å². The van der Waals surface area contributed by atoms with Crippen LogP contribution in [0, 0.1) is 0 Å². The van der Waals surface area contributed by atoms with Crippen molar-refractivity contribution >= 4 is 29.0 Å². The lowest BCUT2D eigenvalue weighted by atomic mass is 9.81. The van der Waals surface area contributed by atoms with Crippen molar-refractivity contribution in [3.05, 3.63) is 33.9 Å². The van der Waals surface area contributed by atoms with Gasteiger partial charge >= 0.3 is 0 Å². The fourth-order valence-electron chi connectivity index (χ4n) is 3.31. The second-order valence-corrected chi connectivity index (χ2v) is 6.97. The molecule has 3 rings (SSSR count). The number of hydrogen-bond acceptors (Lipinski definition) is 2. The summed E-state index contributed by atoms with van der Waals surface area (Å²) in [7, 11) is 1.88. The lowest BCUT2D eigenvalue weighted by Crippen LogP contribution is -2.19. The first-order chi connectivity index (χ1) is 9.92. The number of nitrogens with two attached hydrogens (primary N) is 1. The molecule has 1 heterocycles. The summed E-state index contributed by atoms with van der Waals surface area (Å²) in [6.07, 6.45) is 4.75. The highest BCUT2D eigenvalue weighted by Gasteiger charge is 2.37. The molecule has 1 aromatic heterocycles. The van der Waals surface area contributed by atoms with Crippen LogP contribution in [0.3, 0.4) is 0 Å². The maximum Gasteiger partial charge on any atom is 0.129 e. The SMILES string of the molecule is Cn1nc(C2(C)CCCC2)c(-c2ccc(Cl)cc2Cl)c1N. The van der Waals surface area contributed by atoms with Crippen LogP contribution < -0.4 is 5.73 Å². The first-order valence-corrected chi connectivity index (χ1v) is 7.96. The summed E-state index contributed by atoms with van der Waals surface area (Å²) >= 11 is 12.4. The van der Waals surface area contributed by atoms with Crippen molar-refractivity contribution in [3.8, 4) is 11.1 Å². The summed E-state index contributed by atoms with van der Waals surface area (Å²) in [6, 6.07) is 5.53. The Balaban J connectivity index is 2.22. The predicted octanol–water partition coefficient (Wildman–Crippen LogP) is 4.81. The van der Waals surface area contributed by atoms with Crippen LogP contribution in [0.2, 0.25) is 10.0 Å². The number of hydrogen-bond donors (Lipinski definition) is 1. The van der Waals surface area contributed by atoms with Gasteiger partial charge in [0.25, 0.3) is 0 Å². The van der Waals surface area contributed by atoms with Crippen molar-refractivity contribution in [2.24, 2.45) is 7.05 Å². The molecule has 1 aromatic carbocycles. The van der Waals surface area contributed by atoms with Gasteiger partial charge in [0, 0.05) is 28.6 Å². The van der Waals surface area contributed by atoms with E-state index in [1.54, 1.807) is 10.7 Å². The Morgan fingerprint density at radius 1 is 1.24 bits per heavy atom.